The number of carbonyl (C=O) groups is 2. The summed E-state index contributed by atoms with van der Waals surface area (Å²) in [6, 6.07) is 0. The maximum atomic E-state index is 10.5. The molecule has 0 radical (unpaired) electrons. The molecule has 0 aromatic rings. The Labute approximate surface area is 123 Å². The van der Waals surface area contributed by atoms with Crippen molar-refractivity contribution in [3.63, 3.8) is 0 Å². The van der Waals surface area contributed by atoms with E-state index in [1.165, 1.54) is 26.5 Å². The molecule has 0 atom stereocenters. The van der Waals surface area contributed by atoms with E-state index >= 15 is 0 Å². The number of amides is 1. The molecule has 0 heterocycles. The van der Waals surface area contributed by atoms with Crippen molar-refractivity contribution >= 4 is 18.1 Å². The average Bonchev–Trinajstić information content (AvgIpc) is 2.52. The number of esters is 1. The molecule has 21 heavy (non-hydrogen) atoms. The summed E-state index contributed by atoms with van der Waals surface area (Å²) < 4.78 is 13.0. The van der Waals surface area contributed by atoms with Crippen LogP contribution in [0, 0.1) is 11.5 Å². The monoisotopic (exact) mass is 303 g/mol. The van der Waals surface area contributed by atoms with E-state index in [1.807, 2.05) is 0 Å². The number of nitrogens with zero attached hydrogens (tertiary/aromatic N) is 2. The van der Waals surface area contributed by atoms with Crippen LogP contribution in [-0.4, -0.2) is 52.1 Å². The quantitative estimate of drug-likeness (QED) is 0.261. The largest absolute Gasteiger partial charge is 0.462 e. The number of ether oxygens (including phenoxy) is 3. The van der Waals surface area contributed by atoms with Gasteiger partial charge in [0.1, 0.15) is 13.2 Å². The molecule has 9 heteroatoms. The van der Waals surface area contributed by atoms with Gasteiger partial charge in [-0.05, 0) is 6.92 Å². The minimum absolute atomic E-state index is 0.0887. The number of nitriles is 1. The molecule has 0 aliphatic carbocycles. The molecule has 9 nitrogen and oxygen atoms in total. The maximum Gasteiger partial charge on any atom is 0.406 e. The summed E-state index contributed by atoms with van der Waals surface area (Å²) in [5.74, 6) is -0.296. The van der Waals surface area contributed by atoms with Crippen LogP contribution in [0.5, 0.6) is 0 Å². The second-order valence-corrected chi connectivity index (χ2v) is 2.82. The molecular weight excluding hydrogens is 282 g/mol. The van der Waals surface area contributed by atoms with Crippen LogP contribution in [0.25, 0.3) is 0 Å². The van der Waals surface area contributed by atoms with Gasteiger partial charge in [0.2, 0.25) is 6.08 Å². The Morgan fingerprint density at radius 1 is 1.24 bits per heavy atom. The molecule has 0 rings (SSSR count). The zero-order valence-electron chi connectivity index (χ0n) is 12.7. The highest BCUT2D eigenvalue weighted by Gasteiger charge is 1.99. The smallest absolute Gasteiger partial charge is 0.406 e. The Morgan fingerprint density at radius 3 is 2.05 bits per heavy atom. The van der Waals surface area contributed by atoms with Crippen molar-refractivity contribution in [3.05, 3.63) is 0 Å². The Kier molecular flexibility index (Phi) is 25.3. The fourth-order valence-corrected chi connectivity index (χ4v) is 0.529. The molecule has 1 N–H and O–H groups in total. The van der Waals surface area contributed by atoms with E-state index in [2.05, 4.69) is 24.5 Å². The predicted molar refractivity (Wildman–Crippen MR) is 72.9 cm³/mol. The average molecular weight is 303 g/mol. The van der Waals surface area contributed by atoms with E-state index in [4.69, 9.17) is 10.1 Å². The van der Waals surface area contributed by atoms with Gasteiger partial charge in [0, 0.05) is 20.0 Å². The number of nitrogens with one attached hydrogen (secondary N) is 1. The molecule has 0 fully saturated rings. The third-order valence-corrected chi connectivity index (χ3v) is 1.39. The van der Waals surface area contributed by atoms with Crippen LogP contribution in [0.1, 0.15) is 20.3 Å². The van der Waals surface area contributed by atoms with Crippen LogP contribution in [-0.2, 0) is 23.8 Å². The third-order valence-electron chi connectivity index (χ3n) is 1.39. The van der Waals surface area contributed by atoms with E-state index in [0.29, 0.717) is 13.0 Å². The lowest BCUT2D eigenvalue weighted by Gasteiger charge is -2.04. The van der Waals surface area contributed by atoms with Gasteiger partial charge in [-0.1, -0.05) is 6.92 Å². The molecule has 0 aliphatic heterocycles. The number of methoxy groups -OCH3 is 1. The minimum Gasteiger partial charge on any atom is -0.462 e. The summed E-state index contributed by atoms with van der Waals surface area (Å²) in [6.07, 6.45) is 2.63. The van der Waals surface area contributed by atoms with E-state index in [9.17, 15) is 9.59 Å². The number of hydrogen-bond donors (Lipinski definition) is 1. The Morgan fingerprint density at radius 2 is 1.76 bits per heavy atom. The van der Waals surface area contributed by atoms with Crippen molar-refractivity contribution in [1.29, 1.82) is 5.26 Å². The molecular formula is C12H21N3O6. The first-order chi connectivity index (χ1) is 10.0. The zero-order valence-corrected chi connectivity index (χ0v) is 12.7. The molecule has 0 bridgehead atoms. The number of rotatable bonds is 5. The molecule has 0 spiro atoms. The summed E-state index contributed by atoms with van der Waals surface area (Å²) >= 11 is 0. The SMILES string of the molecule is CCC(=O)OCCOC(=O)NC.CCN=C=O.COC#N. The van der Waals surface area contributed by atoms with Gasteiger partial charge < -0.3 is 19.5 Å². The first kappa shape index (κ1) is 23.5. The van der Waals surface area contributed by atoms with E-state index in [1.54, 1.807) is 13.8 Å². The van der Waals surface area contributed by atoms with Crippen molar-refractivity contribution in [1.82, 2.24) is 5.32 Å². The molecule has 0 aromatic carbocycles. The van der Waals surface area contributed by atoms with Crippen LogP contribution in [0.4, 0.5) is 4.79 Å². The van der Waals surface area contributed by atoms with Crippen molar-refractivity contribution in [2.45, 2.75) is 20.3 Å². The molecule has 0 unspecified atom stereocenters. The van der Waals surface area contributed by atoms with Crippen LogP contribution < -0.4 is 5.32 Å². The first-order valence-electron chi connectivity index (χ1n) is 5.99. The standard InChI is InChI=1S/C7H13NO4.C3H5NO.C2H3NO/c1-3-6(9)11-4-5-12-7(10)8-2;1-2-4-3-5;1-4-2-3/h3-5H2,1-2H3,(H,8,10);2H2,1H3;1H3. The number of isocyanates is 1. The van der Waals surface area contributed by atoms with Gasteiger partial charge in [-0.25, -0.2) is 14.6 Å². The number of hydrogen-bond acceptors (Lipinski definition) is 8. The molecule has 0 saturated heterocycles. The molecule has 0 aromatic heterocycles. The Balaban J connectivity index is -0.000000297. The fourth-order valence-electron chi connectivity index (χ4n) is 0.529. The number of carbonyl (C=O) groups excluding carboxylic acids is 3. The van der Waals surface area contributed by atoms with E-state index in [0.717, 1.165) is 0 Å². The highest BCUT2D eigenvalue weighted by atomic mass is 16.6. The lowest BCUT2D eigenvalue weighted by Crippen LogP contribution is -2.21. The Hall–Kier alpha value is -2.59. The van der Waals surface area contributed by atoms with Gasteiger partial charge in [0.25, 0.3) is 6.26 Å². The highest BCUT2D eigenvalue weighted by Crippen LogP contribution is 1.84. The predicted octanol–water partition coefficient (Wildman–Crippen LogP) is 0.752. The van der Waals surface area contributed by atoms with Crippen molar-refractivity contribution in [2.24, 2.45) is 4.99 Å². The molecule has 1 amide bonds. The Bertz CT molecular complexity index is 329. The van der Waals surface area contributed by atoms with Crippen LogP contribution >= 0.6 is 0 Å². The summed E-state index contributed by atoms with van der Waals surface area (Å²) in [5.41, 5.74) is 0. The second-order valence-electron chi connectivity index (χ2n) is 2.82. The maximum absolute atomic E-state index is 10.5. The summed E-state index contributed by atoms with van der Waals surface area (Å²) in [6.45, 7) is 4.22. The fraction of sp³-hybridized carbons (Fsp3) is 0.667. The number of alkyl carbamates (subject to hydrolysis) is 1. The lowest BCUT2D eigenvalue weighted by atomic mass is 10.5. The van der Waals surface area contributed by atoms with Gasteiger partial charge in [-0.15, -0.1) is 0 Å². The van der Waals surface area contributed by atoms with Gasteiger partial charge in [-0.2, -0.15) is 5.26 Å². The van der Waals surface area contributed by atoms with Crippen LogP contribution in [0.2, 0.25) is 0 Å². The third kappa shape index (κ3) is 31.8. The van der Waals surface area contributed by atoms with E-state index < -0.39 is 6.09 Å². The lowest BCUT2D eigenvalue weighted by molar-refractivity contribution is -0.144. The number of aliphatic imine (C=N–C) groups is 1. The molecule has 0 aliphatic rings. The van der Waals surface area contributed by atoms with Gasteiger partial charge in [0.05, 0.1) is 7.11 Å². The summed E-state index contributed by atoms with van der Waals surface area (Å²) in [7, 11) is 2.78. The van der Waals surface area contributed by atoms with Crippen molar-refractivity contribution < 1.29 is 28.6 Å². The normalized spacial score (nSPS) is 7.19. The first-order valence-corrected chi connectivity index (χ1v) is 5.99. The topological polar surface area (TPSA) is 127 Å². The van der Waals surface area contributed by atoms with E-state index in [-0.39, 0.29) is 19.2 Å². The van der Waals surface area contributed by atoms with Crippen LogP contribution in [0.15, 0.2) is 4.99 Å². The molecule has 120 valence electrons. The highest BCUT2D eigenvalue weighted by molar-refractivity contribution is 5.69. The second kappa shape index (κ2) is 22.6. The van der Waals surface area contributed by atoms with Crippen LogP contribution in [0.3, 0.4) is 0 Å². The summed E-state index contributed by atoms with van der Waals surface area (Å²) in [5, 5.41) is 9.67. The van der Waals surface area contributed by atoms with Gasteiger partial charge >= 0.3 is 12.1 Å². The van der Waals surface area contributed by atoms with Gasteiger partial charge in [0.15, 0.2) is 0 Å². The summed E-state index contributed by atoms with van der Waals surface area (Å²) in [4.78, 5) is 33.3. The van der Waals surface area contributed by atoms with Crippen molar-refractivity contribution in [3.8, 4) is 6.26 Å². The zero-order chi connectivity index (χ0) is 16.9. The molecule has 0 saturated carbocycles. The minimum atomic E-state index is -0.525. The van der Waals surface area contributed by atoms with Crippen molar-refractivity contribution in [2.75, 3.05) is 33.9 Å². The van der Waals surface area contributed by atoms with Gasteiger partial charge in [-0.3, -0.25) is 4.79 Å².